The summed E-state index contributed by atoms with van der Waals surface area (Å²) in [6, 6.07) is 4.99. The molecule has 0 bridgehead atoms. The molecule has 0 spiro atoms. The van der Waals surface area contributed by atoms with Crippen LogP contribution in [-0.2, 0) is 0 Å². The molecule has 3 atom stereocenters. The van der Waals surface area contributed by atoms with Gasteiger partial charge in [0.2, 0.25) is 0 Å². The second kappa shape index (κ2) is 7.53. The van der Waals surface area contributed by atoms with Crippen LogP contribution in [0.1, 0.15) is 44.2 Å². The molecule has 2 nitrogen and oxygen atoms in total. The Balaban J connectivity index is 1.92. The highest BCUT2D eigenvalue weighted by Gasteiger charge is 2.24. The van der Waals surface area contributed by atoms with Gasteiger partial charge in [-0.05, 0) is 55.8 Å². The van der Waals surface area contributed by atoms with Gasteiger partial charge in [0.1, 0.15) is 5.82 Å². The number of halogens is 2. The molecule has 0 amide bonds. The molecule has 0 saturated heterocycles. The van der Waals surface area contributed by atoms with Crippen molar-refractivity contribution in [3.05, 3.63) is 34.1 Å². The van der Waals surface area contributed by atoms with Crippen LogP contribution in [0, 0.1) is 17.7 Å². The normalized spacial score (nSPS) is 24.6. The fourth-order valence-electron chi connectivity index (χ4n) is 3.08. The van der Waals surface area contributed by atoms with E-state index in [1.807, 2.05) is 6.07 Å². The molecule has 0 heterocycles. The molecule has 20 heavy (non-hydrogen) atoms. The predicted octanol–water partition coefficient (Wildman–Crippen LogP) is 4.04. The van der Waals surface area contributed by atoms with Gasteiger partial charge in [0.15, 0.2) is 0 Å². The van der Waals surface area contributed by atoms with Crippen molar-refractivity contribution in [2.75, 3.05) is 13.2 Å². The van der Waals surface area contributed by atoms with Crippen molar-refractivity contribution in [1.82, 2.24) is 5.32 Å². The van der Waals surface area contributed by atoms with Crippen LogP contribution in [0.4, 0.5) is 4.39 Å². The van der Waals surface area contributed by atoms with E-state index in [2.05, 4.69) is 28.2 Å². The number of hydrogen-bond donors (Lipinski definition) is 2. The Kier molecular flexibility index (Phi) is 6.00. The number of aliphatic hydroxyl groups is 1. The molecular formula is C16H23BrFNO. The number of benzene rings is 1. The molecule has 2 N–H and O–H groups in total. The summed E-state index contributed by atoms with van der Waals surface area (Å²) in [4.78, 5) is 0. The summed E-state index contributed by atoms with van der Waals surface area (Å²) in [7, 11) is 0. The van der Waals surface area contributed by atoms with E-state index < -0.39 is 0 Å². The average Bonchev–Trinajstić information content (AvgIpc) is 2.45. The van der Waals surface area contributed by atoms with Gasteiger partial charge in [0.05, 0.1) is 0 Å². The summed E-state index contributed by atoms with van der Waals surface area (Å²) in [5.74, 6) is 0.760. The van der Waals surface area contributed by atoms with E-state index in [4.69, 9.17) is 0 Å². The Morgan fingerprint density at radius 2 is 2.05 bits per heavy atom. The molecule has 0 aromatic heterocycles. The fourth-order valence-corrected chi connectivity index (χ4v) is 3.78. The molecule has 0 radical (unpaired) electrons. The maximum absolute atomic E-state index is 13.1. The third-order valence-electron chi connectivity index (χ3n) is 4.42. The molecule has 1 aliphatic carbocycles. The summed E-state index contributed by atoms with van der Waals surface area (Å²) in [6.45, 7) is 3.30. The van der Waals surface area contributed by atoms with Crippen LogP contribution in [0.5, 0.6) is 0 Å². The lowest BCUT2D eigenvalue weighted by molar-refractivity contribution is 0.131. The quantitative estimate of drug-likeness (QED) is 0.845. The van der Waals surface area contributed by atoms with Gasteiger partial charge in [-0.2, -0.15) is 0 Å². The van der Waals surface area contributed by atoms with Crippen molar-refractivity contribution in [2.24, 2.45) is 11.8 Å². The number of rotatable bonds is 5. The first-order valence-corrected chi connectivity index (χ1v) is 8.20. The Labute approximate surface area is 128 Å². The van der Waals surface area contributed by atoms with Crippen molar-refractivity contribution in [2.45, 2.75) is 38.6 Å². The fraction of sp³-hybridized carbons (Fsp3) is 0.625. The van der Waals surface area contributed by atoms with E-state index in [1.165, 1.54) is 31.4 Å². The van der Waals surface area contributed by atoms with Gasteiger partial charge >= 0.3 is 0 Å². The zero-order chi connectivity index (χ0) is 14.5. The minimum atomic E-state index is -0.222. The van der Waals surface area contributed by atoms with E-state index in [0.29, 0.717) is 18.4 Å². The van der Waals surface area contributed by atoms with Gasteiger partial charge in [-0.1, -0.05) is 34.8 Å². The first kappa shape index (κ1) is 15.9. The lowest BCUT2D eigenvalue weighted by Gasteiger charge is -2.31. The molecule has 1 saturated carbocycles. The molecule has 4 heteroatoms. The summed E-state index contributed by atoms with van der Waals surface area (Å²) in [6.07, 6.45) is 4.82. The van der Waals surface area contributed by atoms with Gasteiger partial charge in [0.25, 0.3) is 0 Å². The Morgan fingerprint density at radius 1 is 1.35 bits per heavy atom. The summed E-state index contributed by atoms with van der Waals surface area (Å²) < 4.78 is 13.9. The van der Waals surface area contributed by atoms with Crippen LogP contribution in [-0.4, -0.2) is 18.3 Å². The highest BCUT2D eigenvalue weighted by atomic mass is 79.9. The molecule has 1 fully saturated rings. The Morgan fingerprint density at radius 3 is 2.70 bits per heavy atom. The zero-order valence-electron chi connectivity index (χ0n) is 11.9. The highest BCUT2D eigenvalue weighted by Crippen LogP contribution is 2.30. The van der Waals surface area contributed by atoms with Crippen LogP contribution in [0.15, 0.2) is 22.7 Å². The molecule has 112 valence electrons. The van der Waals surface area contributed by atoms with E-state index in [9.17, 15) is 9.50 Å². The van der Waals surface area contributed by atoms with E-state index in [1.54, 1.807) is 0 Å². The summed E-state index contributed by atoms with van der Waals surface area (Å²) >= 11 is 3.42. The van der Waals surface area contributed by atoms with Gasteiger partial charge in [0, 0.05) is 17.1 Å². The molecule has 3 unspecified atom stereocenters. The SMILES string of the molecule is CC(NCC1CCCCC1CO)c1ccc(F)cc1Br. The molecule has 1 aromatic carbocycles. The standard InChI is InChI=1S/C16H23BrFNO/c1-11(15-7-6-14(18)8-16(15)17)19-9-12-4-2-3-5-13(12)10-20/h6-8,11-13,19-20H,2-5,9-10H2,1H3. The Bertz CT molecular complexity index is 440. The second-order valence-corrected chi connectivity index (χ2v) is 6.64. The maximum Gasteiger partial charge on any atom is 0.124 e. The lowest BCUT2D eigenvalue weighted by atomic mass is 9.79. The van der Waals surface area contributed by atoms with Gasteiger partial charge in [-0.25, -0.2) is 4.39 Å². The smallest absolute Gasteiger partial charge is 0.124 e. The summed E-state index contributed by atoms with van der Waals surface area (Å²) in [5, 5.41) is 13.0. The predicted molar refractivity (Wildman–Crippen MR) is 83.1 cm³/mol. The zero-order valence-corrected chi connectivity index (χ0v) is 13.5. The Hall–Kier alpha value is -0.450. The monoisotopic (exact) mass is 343 g/mol. The second-order valence-electron chi connectivity index (χ2n) is 5.78. The first-order valence-electron chi connectivity index (χ1n) is 7.41. The minimum Gasteiger partial charge on any atom is -0.396 e. The number of nitrogens with one attached hydrogen (secondary N) is 1. The molecular weight excluding hydrogens is 321 g/mol. The third-order valence-corrected chi connectivity index (χ3v) is 5.10. The minimum absolute atomic E-state index is 0.172. The van der Waals surface area contributed by atoms with Crippen LogP contribution in [0.2, 0.25) is 0 Å². The lowest BCUT2D eigenvalue weighted by Crippen LogP contribution is -2.33. The molecule has 2 rings (SSSR count). The van der Waals surface area contributed by atoms with Gasteiger partial charge in [-0.15, -0.1) is 0 Å². The van der Waals surface area contributed by atoms with Crippen LogP contribution >= 0.6 is 15.9 Å². The van der Waals surface area contributed by atoms with Crippen molar-refractivity contribution in [3.63, 3.8) is 0 Å². The largest absolute Gasteiger partial charge is 0.396 e. The van der Waals surface area contributed by atoms with Crippen molar-refractivity contribution >= 4 is 15.9 Å². The molecule has 1 aromatic rings. The number of hydrogen-bond acceptors (Lipinski definition) is 2. The van der Waals surface area contributed by atoms with Crippen molar-refractivity contribution in [1.29, 1.82) is 0 Å². The topological polar surface area (TPSA) is 32.3 Å². The van der Waals surface area contributed by atoms with Gasteiger partial charge < -0.3 is 10.4 Å². The molecule has 1 aliphatic rings. The van der Waals surface area contributed by atoms with Gasteiger partial charge in [-0.3, -0.25) is 0 Å². The van der Waals surface area contributed by atoms with E-state index >= 15 is 0 Å². The maximum atomic E-state index is 13.1. The average molecular weight is 344 g/mol. The third kappa shape index (κ3) is 4.03. The first-order chi connectivity index (χ1) is 9.61. The van der Waals surface area contributed by atoms with Crippen LogP contribution < -0.4 is 5.32 Å². The molecule has 0 aliphatic heterocycles. The van der Waals surface area contributed by atoms with E-state index in [0.717, 1.165) is 23.0 Å². The number of aliphatic hydroxyl groups excluding tert-OH is 1. The van der Waals surface area contributed by atoms with Crippen molar-refractivity contribution < 1.29 is 9.50 Å². The summed E-state index contributed by atoms with van der Waals surface area (Å²) in [5.41, 5.74) is 1.07. The highest BCUT2D eigenvalue weighted by molar-refractivity contribution is 9.10. The van der Waals surface area contributed by atoms with E-state index in [-0.39, 0.29) is 11.9 Å². The van der Waals surface area contributed by atoms with Crippen LogP contribution in [0.25, 0.3) is 0 Å². The van der Waals surface area contributed by atoms with Crippen molar-refractivity contribution in [3.8, 4) is 0 Å². The van der Waals surface area contributed by atoms with Crippen LogP contribution in [0.3, 0.4) is 0 Å².